The van der Waals surface area contributed by atoms with Crippen molar-refractivity contribution in [3.8, 4) is 5.75 Å². The van der Waals surface area contributed by atoms with Crippen molar-refractivity contribution in [3.63, 3.8) is 0 Å². The minimum Gasteiger partial charge on any atom is -0.489 e. The molecule has 0 unspecified atom stereocenters. The SMILES string of the molecule is CC(C)(C=O)CCCc1ccc(Sc2cccc(OCc3ccccc3)c2)cc1Cl. The fourth-order valence-electron chi connectivity index (χ4n) is 3.09. The van der Waals surface area contributed by atoms with Gasteiger partial charge in [0.1, 0.15) is 18.6 Å². The second kappa shape index (κ2) is 10.7. The molecule has 2 nitrogen and oxygen atoms in total. The summed E-state index contributed by atoms with van der Waals surface area (Å²) in [7, 11) is 0. The van der Waals surface area contributed by atoms with Crippen LogP contribution >= 0.6 is 23.4 Å². The maximum atomic E-state index is 11.1. The number of ether oxygens (including phenoxy) is 1. The Kier molecular flexibility index (Phi) is 8.01. The molecule has 0 aromatic heterocycles. The summed E-state index contributed by atoms with van der Waals surface area (Å²) in [5, 5.41) is 0.778. The van der Waals surface area contributed by atoms with Gasteiger partial charge in [-0.25, -0.2) is 0 Å². The maximum absolute atomic E-state index is 11.1. The van der Waals surface area contributed by atoms with Gasteiger partial charge in [-0.1, -0.05) is 79.7 Å². The summed E-state index contributed by atoms with van der Waals surface area (Å²) in [6, 6.07) is 24.5. The van der Waals surface area contributed by atoms with Crippen molar-refractivity contribution >= 4 is 29.6 Å². The van der Waals surface area contributed by atoms with Crippen LogP contribution in [0.5, 0.6) is 5.75 Å². The average molecular weight is 439 g/mol. The molecule has 156 valence electrons. The molecule has 3 aromatic rings. The van der Waals surface area contributed by atoms with Crippen LogP contribution in [0.4, 0.5) is 0 Å². The van der Waals surface area contributed by atoms with Crippen molar-refractivity contribution in [3.05, 3.63) is 88.9 Å². The zero-order valence-electron chi connectivity index (χ0n) is 17.4. The van der Waals surface area contributed by atoms with Gasteiger partial charge in [0.05, 0.1) is 0 Å². The van der Waals surface area contributed by atoms with Crippen LogP contribution in [0.25, 0.3) is 0 Å². The smallest absolute Gasteiger partial charge is 0.125 e. The molecule has 3 aromatic carbocycles. The first-order valence-corrected chi connectivity index (χ1v) is 11.3. The molecule has 30 heavy (non-hydrogen) atoms. The van der Waals surface area contributed by atoms with Crippen LogP contribution in [-0.2, 0) is 17.8 Å². The Balaban J connectivity index is 1.58. The summed E-state index contributed by atoms with van der Waals surface area (Å²) < 4.78 is 5.93. The first kappa shape index (κ1) is 22.5. The van der Waals surface area contributed by atoms with Gasteiger partial charge in [0.15, 0.2) is 0 Å². The zero-order chi connectivity index (χ0) is 21.4. The van der Waals surface area contributed by atoms with Gasteiger partial charge in [-0.15, -0.1) is 0 Å². The normalized spacial score (nSPS) is 11.3. The molecular weight excluding hydrogens is 412 g/mol. The molecule has 4 heteroatoms. The highest BCUT2D eigenvalue weighted by atomic mass is 35.5. The van der Waals surface area contributed by atoms with Gasteiger partial charge in [0.2, 0.25) is 0 Å². The molecule has 3 rings (SSSR count). The van der Waals surface area contributed by atoms with Crippen LogP contribution < -0.4 is 4.74 Å². The second-order valence-corrected chi connectivity index (χ2v) is 9.62. The number of benzene rings is 3. The molecule has 0 bridgehead atoms. The van der Waals surface area contributed by atoms with E-state index in [0.717, 1.165) is 57.2 Å². The van der Waals surface area contributed by atoms with Gasteiger partial charge < -0.3 is 9.53 Å². The zero-order valence-corrected chi connectivity index (χ0v) is 19.0. The molecule has 0 N–H and O–H groups in total. The molecule has 0 aliphatic heterocycles. The molecule has 0 amide bonds. The first-order chi connectivity index (χ1) is 14.4. The van der Waals surface area contributed by atoms with Crippen molar-refractivity contribution < 1.29 is 9.53 Å². The Morgan fingerprint density at radius 2 is 1.73 bits per heavy atom. The van der Waals surface area contributed by atoms with Crippen LogP contribution in [0, 0.1) is 5.41 Å². The minimum atomic E-state index is -0.268. The predicted molar refractivity (Wildman–Crippen MR) is 126 cm³/mol. The van der Waals surface area contributed by atoms with E-state index in [2.05, 4.69) is 36.4 Å². The molecule has 0 spiro atoms. The molecule has 0 atom stereocenters. The van der Waals surface area contributed by atoms with Gasteiger partial charge in [-0.3, -0.25) is 0 Å². The average Bonchev–Trinajstić information content (AvgIpc) is 2.75. The minimum absolute atomic E-state index is 0.268. The molecule has 0 saturated carbocycles. The number of carbonyl (C=O) groups excluding carboxylic acids is 1. The van der Waals surface area contributed by atoms with Crippen molar-refractivity contribution in [2.45, 2.75) is 49.5 Å². The van der Waals surface area contributed by atoms with Crippen molar-refractivity contribution in [2.24, 2.45) is 5.41 Å². The van der Waals surface area contributed by atoms with E-state index in [4.69, 9.17) is 16.3 Å². The Bertz CT molecular complexity index is 970. The third-order valence-electron chi connectivity index (χ3n) is 4.90. The number of rotatable bonds is 10. The van der Waals surface area contributed by atoms with E-state index in [9.17, 15) is 4.79 Å². The summed E-state index contributed by atoms with van der Waals surface area (Å²) in [4.78, 5) is 13.3. The standard InChI is InChI=1S/C26H27ClO2S/c1-26(2,19-28)15-7-10-21-13-14-24(17-25(21)27)30-23-12-6-11-22(16-23)29-18-20-8-4-3-5-9-20/h3-6,8-9,11-14,16-17,19H,7,10,15,18H2,1-2H3. The molecule has 0 radical (unpaired) electrons. The highest BCUT2D eigenvalue weighted by Crippen LogP contribution is 2.33. The fraction of sp³-hybridized carbons (Fsp3) is 0.269. The van der Waals surface area contributed by atoms with E-state index in [1.165, 1.54) is 0 Å². The van der Waals surface area contributed by atoms with Gasteiger partial charge in [0, 0.05) is 20.2 Å². The lowest BCUT2D eigenvalue weighted by Gasteiger charge is -2.16. The van der Waals surface area contributed by atoms with E-state index < -0.39 is 0 Å². The Labute approximate surface area is 188 Å². The summed E-state index contributed by atoms with van der Waals surface area (Å²) in [5.74, 6) is 0.851. The molecule has 0 heterocycles. The van der Waals surface area contributed by atoms with Gasteiger partial charge >= 0.3 is 0 Å². The highest BCUT2D eigenvalue weighted by Gasteiger charge is 2.16. The fourth-order valence-corrected chi connectivity index (χ4v) is 4.34. The van der Waals surface area contributed by atoms with E-state index >= 15 is 0 Å². The monoisotopic (exact) mass is 438 g/mol. The number of carbonyl (C=O) groups is 1. The Morgan fingerprint density at radius 3 is 2.47 bits per heavy atom. The third-order valence-corrected chi connectivity index (χ3v) is 6.23. The Morgan fingerprint density at radius 1 is 0.967 bits per heavy atom. The van der Waals surface area contributed by atoms with Crippen LogP contribution in [0.3, 0.4) is 0 Å². The number of halogens is 1. The number of hydrogen-bond donors (Lipinski definition) is 0. The molecule has 0 aliphatic carbocycles. The highest BCUT2D eigenvalue weighted by molar-refractivity contribution is 7.99. The maximum Gasteiger partial charge on any atom is 0.125 e. The van der Waals surface area contributed by atoms with Crippen LogP contribution in [0.1, 0.15) is 37.8 Å². The van der Waals surface area contributed by atoms with E-state index in [1.54, 1.807) is 11.8 Å². The second-order valence-electron chi connectivity index (χ2n) is 8.06. The van der Waals surface area contributed by atoms with Gasteiger partial charge in [-0.05, 0) is 60.7 Å². The summed E-state index contributed by atoms with van der Waals surface area (Å²) in [6.07, 6.45) is 3.72. The predicted octanol–water partition coefficient (Wildman–Crippen LogP) is 7.62. The van der Waals surface area contributed by atoms with E-state index in [1.807, 2.05) is 50.2 Å². The van der Waals surface area contributed by atoms with Crippen molar-refractivity contribution in [1.82, 2.24) is 0 Å². The van der Waals surface area contributed by atoms with Crippen LogP contribution in [0.2, 0.25) is 5.02 Å². The number of aryl methyl sites for hydroxylation is 1. The lowest BCUT2D eigenvalue weighted by molar-refractivity contribution is -0.115. The van der Waals surface area contributed by atoms with E-state index in [-0.39, 0.29) is 5.41 Å². The number of hydrogen-bond acceptors (Lipinski definition) is 3. The third kappa shape index (κ3) is 6.93. The summed E-state index contributed by atoms with van der Waals surface area (Å²) in [6.45, 7) is 4.49. The number of aldehydes is 1. The molecular formula is C26H27ClO2S. The molecule has 0 fully saturated rings. The quantitative estimate of drug-likeness (QED) is 0.304. The largest absolute Gasteiger partial charge is 0.489 e. The van der Waals surface area contributed by atoms with Gasteiger partial charge in [-0.2, -0.15) is 0 Å². The van der Waals surface area contributed by atoms with Gasteiger partial charge in [0.25, 0.3) is 0 Å². The molecule has 0 saturated heterocycles. The summed E-state index contributed by atoms with van der Waals surface area (Å²) >= 11 is 8.19. The lowest BCUT2D eigenvalue weighted by atomic mass is 9.88. The van der Waals surface area contributed by atoms with Crippen LogP contribution in [0.15, 0.2) is 82.6 Å². The Hall–Kier alpha value is -2.23. The van der Waals surface area contributed by atoms with E-state index in [0.29, 0.717) is 6.61 Å². The van der Waals surface area contributed by atoms with Crippen LogP contribution in [-0.4, -0.2) is 6.29 Å². The first-order valence-electron chi connectivity index (χ1n) is 10.1. The van der Waals surface area contributed by atoms with Crippen molar-refractivity contribution in [1.29, 1.82) is 0 Å². The van der Waals surface area contributed by atoms with Crippen molar-refractivity contribution in [2.75, 3.05) is 0 Å². The molecule has 0 aliphatic rings. The lowest BCUT2D eigenvalue weighted by Crippen LogP contribution is -2.12. The summed E-state index contributed by atoms with van der Waals surface area (Å²) in [5.41, 5.74) is 2.01. The topological polar surface area (TPSA) is 26.3 Å².